The van der Waals surface area contributed by atoms with Crippen molar-refractivity contribution in [1.29, 1.82) is 0 Å². The monoisotopic (exact) mass is 420 g/mol. The summed E-state index contributed by atoms with van der Waals surface area (Å²) in [5.74, 6) is 1.50. The lowest BCUT2D eigenvalue weighted by molar-refractivity contribution is -0.116. The summed E-state index contributed by atoms with van der Waals surface area (Å²) < 4.78 is 5.09. The number of pyridine rings is 1. The van der Waals surface area contributed by atoms with Gasteiger partial charge in [0.05, 0.1) is 7.11 Å². The SMILES string of the molecule is COc1ccc(C(=O)CCCC(=O)Nc2ccc(SCc3cccnc3)cc2)cc1. The third-order valence-corrected chi connectivity index (χ3v) is 5.57. The molecule has 0 radical (unpaired) electrons. The van der Waals surface area contributed by atoms with Crippen LogP contribution in [0.2, 0.25) is 0 Å². The fourth-order valence-corrected chi connectivity index (χ4v) is 3.67. The van der Waals surface area contributed by atoms with Crippen LogP contribution in [0.1, 0.15) is 35.2 Å². The highest BCUT2D eigenvalue weighted by Gasteiger charge is 2.08. The standard InChI is InChI=1S/C24H24N2O3S/c1-29-21-11-7-19(8-12-21)23(27)5-2-6-24(28)26-20-9-13-22(14-10-20)30-17-18-4-3-15-25-16-18/h3-4,7-16H,2,5-6,17H2,1H3,(H,26,28). The first-order valence-corrected chi connectivity index (χ1v) is 10.7. The van der Waals surface area contributed by atoms with E-state index in [1.807, 2.05) is 42.6 Å². The van der Waals surface area contributed by atoms with E-state index < -0.39 is 0 Å². The number of nitrogens with zero attached hydrogens (tertiary/aromatic N) is 1. The second-order valence-corrected chi connectivity index (χ2v) is 7.78. The summed E-state index contributed by atoms with van der Waals surface area (Å²) in [6.45, 7) is 0. The van der Waals surface area contributed by atoms with E-state index in [1.54, 1.807) is 49.3 Å². The number of benzene rings is 2. The normalized spacial score (nSPS) is 10.4. The number of thioether (sulfide) groups is 1. The molecule has 30 heavy (non-hydrogen) atoms. The van der Waals surface area contributed by atoms with E-state index in [2.05, 4.69) is 10.3 Å². The third-order valence-electron chi connectivity index (χ3n) is 4.49. The number of nitrogens with one attached hydrogen (secondary N) is 1. The smallest absolute Gasteiger partial charge is 0.224 e. The van der Waals surface area contributed by atoms with Crippen LogP contribution in [0.3, 0.4) is 0 Å². The second kappa shape index (κ2) is 11.2. The minimum absolute atomic E-state index is 0.0282. The molecule has 0 fully saturated rings. The maximum atomic E-state index is 12.2. The Labute approximate surface area is 180 Å². The van der Waals surface area contributed by atoms with E-state index in [0.29, 0.717) is 30.6 Å². The van der Waals surface area contributed by atoms with Gasteiger partial charge in [0, 0.05) is 47.1 Å². The summed E-state index contributed by atoms with van der Waals surface area (Å²) in [7, 11) is 1.59. The van der Waals surface area contributed by atoms with Crippen molar-refractivity contribution >= 4 is 29.1 Å². The number of hydrogen-bond donors (Lipinski definition) is 1. The van der Waals surface area contributed by atoms with E-state index in [-0.39, 0.29) is 11.7 Å². The molecule has 1 heterocycles. The molecule has 0 unspecified atom stereocenters. The van der Waals surface area contributed by atoms with Crippen molar-refractivity contribution in [3.05, 3.63) is 84.2 Å². The Kier molecular flexibility index (Phi) is 8.03. The second-order valence-electron chi connectivity index (χ2n) is 6.73. The van der Waals surface area contributed by atoms with Gasteiger partial charge in [-0.25, -0.2) is 0 Å². The molecule has 154 valence electrons. The topological polar surface area (TPSA) is 68.3 Å². The summed E-state index contributed by atoms with van der Waals surface area (Å²) in [6.07, 6.45) is 4.78. The van der Waals surface area contributed by atoms with Crippen LogP contribution in [0.15, 0.2) is 78.0 Å². The largest absolute Gasteiger partial charge is 0.497 e. The molecule has 6 heteroatoms. The fraction of sp³-hybridized carbons (Fsp3) is 0.208. The van der Waals surface area contributed by atoms with Crippen LogP contribution in [0.25, 0.3) is 0 Å². The molecule has 1 amide bonds. The number of ketones is 1. The number of amides is 1. The summed E-state index contributed by atoms with van der Waals surface area (Å²) in [4.78, 5) is 29.6. The fourth-order valence-electron chi connectivity index (χ4n) is 2.84. The van der Waals surface area contributed by atoms with E-state index in [4.69, 9.17) is 4.74 Å². The van der Waals surface area contributed by atoms with Crippen LogP contribution in [0, 0.1) is 0 Å². The zero-order valence-corrected chi connectivity index (χ0v) is 17.7. The number of anilines is 1. The number of aromatic nitrogens is 1. The van der Waals surface area contributed by atoms with Gasteiger partial charge in [0.1, 0.15) is 5.75 Å². The van der Waals surface area contributed by atoms with E-state index >= 15 is 0 Å². The molecular formula is C24H24N2O3S. The molecule has 0 bridgehead atoms. The lowest BCUT2D eigenvalue weighted by Crippen LogP contribution is -2.12. The van der Waals surface area contributed by atoms with Gasteiger partial charge in [0.25, 0.3) is 0 Å². The first kappa shape index (κ1) is 21.6. The Morgan fingerprint density at radius 3 is 2.43 bits per heavy atom. The van der Waals surface area contributed by atoms with Crippen LogP contribution in [-0.2, 0) is 10.5 Å². The molecule has 0 saturated heterocycles. The number of carbonyl (C=O) groups excluding carboxylic acids is 2. The number of carbonyl (C=O) groups is 2. The van der Waals surface area contributed by atoms with Gasteiger partial charge in [-0.2, -0.15) is 0 Å². The first-order valence-electron chi connectivity index (χ1n) is 9.73. The zero-order valence-electron chi connectivity index (χ0n) is 16.8. The highest BCUT2D eigenvalue weighted by atomic mass is 32.2. The average Bonchev–Trinajstić information content (AvgIpc) is 2.79. The van der Waals surface area contributed by atoms with E-state index in [1.165, 1.54) is 5.56 Å². The average molecular weight is 421 g/mol. The van der Waals surface area contributed by atoms with Gasteiger partial charge >= 0.3 is 0 Å². The highest BCUT2D eigenvalue weighted by Crippen LogP contribution is 2.24. The van der Waals surface area contributed by atoms with Crippen molar-refractivity contribution in [2.24, 2.45) is 0 Å². The summed E-state index contributed by atoms with van der Waals surface area (Å²) in [5.41, 5.74) is 2.56. The van der Waals surface area contributed by atoms with Crippen molar-refractivity contribution in [3.63, 3.8) is 0 Å². The molecule has 2 aromatic carbocycles. The summed E-state index contributed by atoms with van der Waals surface area (Å²) in [6, 6.07) is 18.8. The lowest BCUT2D eigenvalue weighted by Gasteiger charge is -2.07. The third kappa shape index (κ3) is 6.74. The molecule has 3 aromatic rings. The molecule has 3 rings (SSSR count). The number of hydrogen-bond acceptors (Lipinski definition) is 5. The number of ether oxygens (including phenoxy) is 1. The molecule has 0 aliphatic heterocycles. The highest BCUT2D eigenvalue weighted by molar-refractivity contribution is 7.98. The maximum absolute atomic E-state index is 12.2. The Balaban J connectivity index is 1.39. The van der Waals surface area contributed by atoms with Gasteiger partial charge in [0.15, 0.2) is 5.78 Å². The molecule has 0 aliphatic rings. The van der Waals surface area contributed by atoms with E-state index in [0.717, 1.165) is 16.3 Å². The van der Waals surface area contributed by atoms with Crippen LogP contribution in [0.5, 0.6) is 5.75 Å². The predicted molar refractivity (Wildman–Crippen MR) is 120 cm³/mol. The maximum Gasteiger partial charge on any atom is 0.224 e. The lowest BCUT2D eigenvalue weighted by atomic mass is 10.1. The molecule has 0 saturated carbocycles. The van der Waals surface area contributed by atoms with Gasteiger partial charge in [-0.1, -0.05) is 6.07 Å². The predicted octanol–water partition coefficient (Wildman–Crippen LogP) is 5.37. The summed E-state index contributed by atoms with van der Waals surface area (Å²) >= 11 is 1.72. The summed E-state index contributed by atoms with van der Waals surface area (Å²) in [5, 5.41) is 2.89. The number of Topliss-reactive ketones (excluding diaryl/α,β-unsaturated/α-hetero) is 1. The van der Waals surface area contributed by atoms with Crippen molar-refractivity contribution in [2.75, 3.05) is 12.4 Å². The number of methoxy groups -OCH3 is 1. The minimum atomic E-state index is -0.0895. The van der Waals surface area contributed by atoms with Crippen LogP contribution < -0.4 is 10.1 Å². The molecule has 5 nitrogen and oxygen atoms in total. The van der Waals surface area contributed by atoms with Crippen LogP contribution in [0.4, 0.5) is 5.69 Å². The Bertz CT molecular complexity index is 958. The molecular weight excluding hydrogens is 396 g/mol. The van der Waals surface area contributed by atoms with Gasteiger partial charge in [-0.3, -0.25) is 14.6 Å². The van der Waals surface area contributed by atoms with Gasteiger partial charge in [-0.05, 0) is 66.6 Å². The number of rotatable bonds is 10. The van der Waals surface area contributed by atoms with Gasteiger partial charge < -0.3 is 10.1 Å². The quantitative estimate of drug-likeness (QED) is 0.353. The zero-order chi connectivity index (χ0) is 21.2. The van der Waals surface area contributed by atoms with Gasteiger partial charge in [0.2, 0.25) is 5.91 Å². The molecule has 0 spiro atoms. The van der Waals surface area contributed by atoms with Gasteiger partial charge in [-0.15, -0.1) is 11.8 Å². The molecule has 1 N–H and O–H groups in total. The first-order chi connectivity index (χ1) is 14.6. The molecule has 1 aromatic heterocycles. The van der Waals surface area contributed by atoms with Crippen molar-refractivity contribution in [2.45, 2.75) is 29.9 Å². The van der Waals surface area contributed by atoms with Crippen molar-refractivity contribution in [3.8, 4) is 5.75 Å². The minimum Gasteiger partial charge on any atom is -0.497 e. The molecule has 0 atom stereocenters. The Morgan fingerprint density at radius 1 is 1.00 bits per heavy atom. The van der Waals surface area contributed by atoms with Crippen LogP contribution in [-0.4, -0.2) is 23.8 Å². The molecule has 0 aliphatic carbocycles. The van der Waals surface area contributed by atoms with E-state index in [9.17, 15) is 9.59 Å². The van der Waals surface area contributed by atoms with Crippen molar-refractivity contribution < 1.29 is 14.3 Å². The van der Waals surface area contributed by atoms with Crippen LogP contribution >= 0.6 is 11.8 Å². The van der Waals surface area contributed by atoms with Crippen molar-refractivity contribution in [1.82, 2.24) is 4.98 Å². The Morgan fingerprint density at radius 2 is 1.77 bits per heavy atom. The Hall–Kier alpha value is -3.12.